The van der Waals surface area contributed by atoms with Gasteiger partial charge >= 0.3 is 0 Å². The van der Waals surface area contributed by atoms with Gasteiger partial charge in [0.05, 0.1) is 13.2 Å². The van der Waals surface area contributed by atoms with Crippen molar-refractivity contribution in [1.29, 1.82) is 0 Å². The minimum Gasteiger partial charge on any atom is -0.497 e. The Morgan fingerprint density at radius 2 is 2.11 bits per heavy atom. The molecule has 0 amide bonds. The van der Waals surface area contributed by atoms with E-state index in [2.05, 4.69) is 17.2 Å². The largest absolute Gasteiger partial charge is 0.497 e. The predicted molar refractivity (Wildman–Crippen MR) is 76.8 cm³/mol. The highest BCUT2D eigenvalue weighted by molar-refractivity contribution is 7.80. The van der Waals surface area contributed by atoms with Crippen LogP contribution < -0.4 is 15.4 Å². The standard InChI is InChI=1S/C13H18N2O2S/c1-3-8-14-13(18)15-9-12(16)10-4-6-11(17-2)7-5-10/h3-7,12,16H,1,8-9H2,2H3,(H2,14,15,18). The first-order valence-corrected chi connectivity index (χ1v) is 6.02. The molecular formula is C13H18N2O2S. The van der Waals surface area contributed by atoms with Crippen molar-refractivity contribution in [2.45, 2.75) is 6.10 Å². The van der Waals surface area contributed by atoms with Gasteiger partial charge in [0.1, 0.15) is 5.75 Å². The average molecular weight is 266 g/mol. The van der Waals surface area contributed by atoms with Crippen LogP contribution in [0.5, 0.6) is 5.75 Å². The van der Waals surface area contributed by atoms with E-state index in [1.807, 2.05) is 24.3 Å². The smallest absolute Gasteiger partial charge is 0.166 e. The van der Waals surface area contributed by atoms with Gasteiger partial charge in [-0.3, -0.25) is 0 Å². The predicted octanol–water partition coefficient (Wildman–Crippen LogP) is 1.38. The van der Waals surface area contributed by atoms with Gasteiger partial charge < -0.3 is 20.5 Å². The molecule has 0 radical (unpaired) electrons. The Hall–Kier alpha value is -1.59. The Morgan fingerprint density at radius 3 is 2.67 bits per heavy atom. The van der Waals surface area contributed by atoms with Gasteiger partial charge in [-0.05, 0) is 29.9 Å². The third-order valence-electron chi connectivity index (χ3n) is 2.36. The molecule has 98 valence electrons. The number of thiocarbonyl (C=S) groups is 1. The maximum atomic E-state index is 9.95. The second-order valence-corrected chi connectivity index (χ2v) is 4.08. The molecule has 4 nitrogen and oxygen atoms in total. The van der Waals surface area contributed by atoms with Gasteiger partial charge in [0.25, 0.3) is 0 Å². The van der Waals surface area contributed by atoms with Crippen LogP contribution in [0.3, 0.4) is 0 Å². The van der Waals surface area contributed by atoms with Crippen molar-refractivity contribution in [3.8, 4) is 5.75 Å². The Kier molecular flexibility index (Phi) is 6.18. The summed E-state index contributed by atoms with van der Waals surface area (Å²) in [7, 11) is 1.61. The van der Waals surface area contributed by atoms with Crippen LogP contribution >= 0.6 is 12.2 Å². The lowest BCUT2D eigenvalue weighted by molar-refractivity contribution is 0.181. The monoisotopic (exact) mass is 266 g/mol. The fraction of sp³-hybridized carbons (Fsp3) is 0.308. The summed E-state index contributed by atoms with van der Waals surface area (Å²) in [6.07, 6.45) is 1.10. The number of benzene rings is 1. The van der Waals surface area contributed by atoms with Crippen molar-refractivity contribution < 1.29 is 9.84 Å². The fourth-order valence-electron chi connectivity index (χ4n) is 1.36. The molecule has 0 fully saturated rings. The number of hydrogen-bond donors (Lipinski definition) is 3. The fourth-order valence-corrected chi connectivity index (χ4v) is 1.53. The molecule has 1 unspecified atom stereocenters. The van der Waals surface area contributed by atoms with E-state index in [0.29, 0.717) is 18.2 Å². The van der Waals surface area contributed by atoms with E-state index in [0.717, 1.165) is 11.3 Å². The second kappa shape index (κ2) is 7.68. The highest BCUT2D eigenvalue weighted by atomic mass is 32.1. The molecule has 0 saturated heterocycles. The lowest BCUT2D eigenvalue weighted by Crippen LogP contribution is -2.37. The van der Waals surface area contributed by atoms with Gasteiger partial charge in [0.2, 0.25) is 0 Å². The number of methoxy groups -OCH3 is 1. The Labute approximate surface area is 113 Å². The molecule has 1 aromatic rings. The molecule has 0 spiro atoms. The van der Waals surface area contributed by atoms with Crippen LogP contribution in [-0.2, 0) is 0 Å². The summed E-state index contributed by atoms with van der Waals surface area (Å²) in [4.78, 5) is 0. The van der Waals surface area contributed by atoms with Crippen molar-refractivity contribution in [2.24, 2.45) is 0 Å². The zero-order valence-corrected chi connectivity index (χ0v) is 11.2. The molecular weight excluding hydrogens is 248 g/mol. The zero-order valence-electron chi connectivity index (χ0n) is 10.3. The summed E-state index contributed by atoms with van der Waals surface area (Å²) in [6.45, 7) is 4.54. The van der Waals surface area contributed by atoms with Crippen LogP contribution in [0.15, 0.2) is 36.9 Å². The normalized spacial score (nSPS) is 11.4. The van der Waals surface area contributed by atoms with Gasteiger partial charge in [-0.15, -0.1) is 6.58 Å². The van der Waals surface area contributed by atoms with E-state index in [9.17, 15) is 5.11 Å². The number of ether oxygens (including phenoxy) is 1. The van der Waals surface area contributed by atoms with Gasteiger partial charge in [0, 0.05) is 13.1 Å². The SMILES string of the molecule is C=CCNC(=S)NCC(O)c1ccc(OC)cc1. The van der Waals surface area contributed by atoms with Crippen molar-refractivity contribution in [1.82, 2.24) is 10.6 Å². The average Bonchev–Trinajstić information content (AvgIpc) is 2.42. The van der Waals surface area contributed by atoms with Crippen molar-refractivity contribution in [3.63, 3.8) is 0 Å². The van der Waals surface area contributed by atoms with Crippen LogP contribution in [0.4, 0.5) is 0 Å². The minimum absolute atomic E-state index is 0.356. The van der Waals surface area contributed by atoms with Crippen LogP contribution in [0.2, 0.25) is 0 Å². The van der Waals surface area contributed by atoms with E-state index in [1.54, 1.807) is 13.2 Å². The van der Waals surface area contributed by atoms with E-state index >= 15 is 0 Å². The third-order valence-corrected chi connectivity index (χ3v) is 2.65. The maximum absolute atomic E-state index is 9.95. The number of aliphatic hydroxyl groups excluding tert-OH is 1. The number of hydrogen-bond acceptors (Lipinski definition) is 3. The molecule has 0 heterocycles. The summed E-state index contributed by atoms with van der Waals surface area (Å²) < 4.78 is 5.05. The van der Waals surface area contributed by atoms with E-state index in [4.69, 9.17) is 17.0 Å². The van der Waals surface area contributed by atoms with E-state index in [1.165, 1.54) is 0 Å². The summed E-state index contributed by atoms with van der Waals surface area (Å²) in [5.74, 6) is 0.766. The summed E-state index contributed by atoms with van der Waals surface area (Å²) in [5, 5.41) is 16.3. The van der Waals surface area contributed by atoms with Gasteiger partial charge in [-0.1, -0.05) is 18.2 Å². The number of nitrogens with one attached hydrogen (secondary N) is 2. The first kappa shape index (κ1) is 14.5. The van der Waals surface area contributed by atoms with Gasteiger partial charge in [-0.2, -0.15) is 0 Å². The van der Waals surface area contributed by atoms with Gasteiger partial charge in [0.15, 0.2) is 5.11 Å². The first-order chi connectivity index (χ1) is 8.67. The topological polar surface area (TPSA) is 53.5 Å². The Morgan fingerprint density at radius 1 is 1.44 bits per heavy atom. The second-order valence-electron chi connectivity index (χ2n) is 3.67. The number of rotatable bonds is 6. The summed E-state index contributed by atoms with van der Waals surface area (Å²) >= 11 is 5.03. The van der Waals surface area contributed by atoms with Crippen molar-refractivity contribution in [3.05, 3.63) is 42.5 Å². The van der Waals surface area contributed by atoms with Crippen molar-refractivity contribution in [2.75, 3.05) is 20.2 Å². The summed E-state index contributed by atoms with van der Waals surface area (Å²) in [5.41, 5.74) is 0.815. The molecule has 1 aromatic carbocycles. The molecule has 5 heteroatoms. The van der Waals surface area contributed by atoms with Crippen LogP contribution in [0, 0.1) is 0 Å². The van der Waals surface area contributed by atoms with Crippen LogP contribution in [-0.4, -0.2) is 30.4 Å². The molecule has 0 bridgehead atoms. The quantitative estimate of drug-likeness (QED) is 0.536. The third kappa shape index (κ3) is 4.73. The molecule has 0 aliphatic rings. The molecule has 0 aliphatic carbocycles. The van der Waals surface area contributed by atoms with Crippen molar-refractivity contribution >= 4 is 17.3 Å². The van der Waals surface area contributed by atoms with Crippen LogP contribution in [0.25, 0.3) is 0 Å². The van der Waals surface area contributed by atoms with E-state index < -0.39 is 6.10 Å². The number of aliphatic hydroxyl groups is 1. The molecule has 3 N–H and O–H groups in total. The summed E-state index contributed by atoms with van der Waals surface area (Å²) in [6, 6.07) is 7.27. The molecule has 0 aliphatic heterocycles. The molecule has 0 saturated carbocycles. The highest BCUT2D eigenvalue weighted by Crippen LogP contribution is 2.16. The molecule has 18 heavy (non-hydrogen) atoms. The minimum atomic E-state index is -0.612. The Balaban J connectivity index is 2.41. The molecule has 0 aromatic heterocycles. The lowest BCUT2D eigenvalue weighted by Gasteiger charge is -2.14. The Bertz CT molecular complexity index is 392. The molecule has 1 rings (SSSR count). The van der Waals surface area contributed by atoms with E-state index in [-0.39, 0.29) is 0 Å². The van der Waals surface area contributed by atoms with Crippen LogP contribution in [0.1, 0.15) is 11.7 Å². The van der Waals surface area contributed by atoms with Gasteiger partial charge in [-0.25, -0.2) is 0 Å². The zero-order chi connectivity index (χ0) is 13.4. The molecule has 1 atom stereocenters. The first-order valence-electron chi connectivity index (χ1n) is 5.62. The highest BCUT2D eigenvalue weighted by Gasteiger charge is 2.07. The lowest BCUT2D eigenvalue weighted by atomic mass is 10.1. The maximum Gasteiger partial charge on any atom is 0.166 e.